The highest BCUT2D eigenvalue weighted by atomic mass is 16.2. The van der Waals surface area contributed by atoms with Crippen LogP contribution in [0.3, 0.4) is 0 Å². The van der Waals surface area contributed by atoms with E-state index in [2.05, 4.69) is 15.6 Å². The number of para-hydroxylation sites is 1. The highest BCUT2D eigenvalue weighted by Crippen LogP contribution is 2.05. The maximum atomic E-state index is 11.8. The van der Waals surface area contributed by atoms with Crippen LogP contribution in [0.4, 0.5) is 5.69 Å². The van der Waals surface area contributed by atoms with E-state index in [1.807, 2.05) is 30.3 Å². The van der Waals surface area contributed by atoms with Gasteiger partial charge in [-0.3, -0.25) is 4.79 Å². The lowest BCUT2D eigenvalue weighted by Gasteiger charge is -2.04. The number of nitrogens with two attached hydrogens (primary N) is 1. The number of benzene rings is 1. The third-order valence-corrected chi connectivity index (χ3v) is 2.84. The lowest BCUT2D eigenvalue weighted by atomic mass is 10.2. The SMILES string of the molecule is NCCCCc1cn(CC(=O)Nc2ccccc2)nn1. The van der Waals surface area contributed by atoms with Crippen LogP contribution in [0.5, 0.6) is 0 Å². The third kappa shape index (κ3) is 4.47. The first-order chi connectivity index (χ1) is 9.78. The quantitative estimate of drug-likeness (QED) is 0.742. The lowest BCUT2D eigenvalue weighted by Crippen LogP contribution is -2.19. The van der Waals surface area contributed by atoms with Crippen LogP contribution in [-0.4, -0.2) is 27.4 Å². The Balaban J connectivity index is 1.82. The van der Waals surface area contributed by atoms with Crippen LogP contribution in [0, 0.1) is 0 Å². The van der Waals surface area contributed by atoms with E-state index in [1.165, 1.54) is 0 Å². The summed E-state index contributed by atoms with van der Waals surface area (Å²) in [5, 5.41) is 10.8. The monoisotopic (exact) mass is 273 g/mol. The molecule has 0 saturated heterocycles. The van der Waals surface area contributed by atoms with Gasteiger partial charge >= 0.3 is 0 Å². The molecule has 2 rings (SSSR count). The van der Waals surface area contributed by atoms with Crippen LogP contribution in [0.15, 0.2) is 36.5 Å². The van der Waals surface area contributed by atoms with E-state index in [4.69, 9.17) is 5.73 Å². The van der Waals surface area contributed by atoms with E-state index in [1.54, 1.807) is 10.9 Å². The first kappa shape index (κ1) is 14.2. The number of anilines is 1. The summed E-state index contributed by atoms with van der Waals surface area (Å²) in [6.45, 7) is 0.854. The Morgan fingerprint density at radius 2 is 2.05 bits per heavy atom. The fourth-order valence-electron chi connectivity index (χ4n) is 1.85. The Bertz CT molecular complexity index is 538. The average Bonchev–Trinajstić information content (AvgIpc) is 2.87. The van der Waals surface area contributed by atoms with Gasteiger partial charge < -0.3 is 11.1 Å². The Labute approximate surface area is 118 Å². The average molecular weight is 273 g/mol. The van der Waals surface area contributed by atoms with Crippen molar-refractivity contribution in [3.05, 3.63) is 42.2 Å². The van der Waals surface area contributed by atoms with Crippen LogP contribution in [0.25, 0.3) is 0 Å². The maximum Gasteiger partial charge on any atom is 0.246 e. The molecule has 1 aromatic carbocycles. The first-order valence-corrected chi connectivity index (χ1v) is 6.72. The van der Waals surface area contributed by atoms with Gasteiger partial charge in [0.15, 0.2) is 0 Å². The molecule has 0 radical (unpaired) electrons. The molecule has 106 valence electrons. The standard InChI is InChI=1S/C14H19N5O/c15-9-5-4-8-13-10-19(18-17-13)11-14(20)16-12-6-2-1-3-7-12/h1-3,6-7,10H,4-5,8-9,11,15H2,(H,16,20). The van der Waals surface area contributed by atoms with Crippen molar-refractivity contribution in [3.63, 3.8) is 0 Å². The molecule has 6 nitrogen and oxygen atoms in total. The number of aryl methyl sites for hydroxylation is 1. The number of rotatable bonds is 7. The number of amides is 1. The molecular weight excluding hydrogens is 254 g/mol. The van der Waals surface area contributed by atoms with E-state index in [0.29, 0.717) is 6.54 Å². The van der Waals surface area contributed by atoms with Gasteiger partial charge in [-0.15, -0.1) is 5.10 Å². The summed E-state index contributed by atoms with van der Waals surface area (Å²) in [5.41, 5.74) is 7.12. The van der Waals surface area contributed by atoms with Crippen molar-refractivity contribution in [2.24, 2.45) is 5.73 Å². The predicted molar refractivity (Wildman–Crippen MR) is 77.1 cm³/mol. The van der Waals surface area contributed by atoms with E-state index in [0.717, 1.165) is 30.6 Å². The summed E-state index contributed by atoms with van der Waals surface area (Å²) in [7, 11) is 0. The van der Waals surface area contributed by atoms with Crippen LogP contribution in [-0.2, 0) is 17.8 Å². The second kappa shape index (κ2) is 7.40. The topological polar surface area (TPSA) is 85.8 Å². The van der Waals surface area contributed by atoms with Crippen LogP contribution in [0.1, 0.15) is 18.5 Å². The summed E-state index contributed by atoms with van der Waals surface area (Å²) >= 11 is 0. The summed E-state index contributed by atoms with van der Waals surface area (Å²) in [6.07, 6.45) is 4.62. The minimum Gasteiger partial charge on any atom is -0.330 e. The van der Waals surface area contributed by atoms with Crippen molar-refractivity contribution in [3.8, 4) is 0 Å². The number of nitrogens with one attached hydrogen (secondary N) is 1. The zero-order valence-electron chi connectivity index (χ0n) is 11.3. The Hall–Kier alpha value is -2.21. The molecule has 3 N–H and O–H groups in total. The largest absolute Gasteiger partial charge is 0.330 e. The molecule has 0 aliphatic heterocycles. The van der Waals surface area contributed by atoms with Gasteiger partial charge in [-0.1, -0.05) is 23.4 Å². The molecule has 1 aromatic heterocycles. The molecule has 0 fully saturated rings. The van der Waals surface area contributed by atoms with Crippen molar-refractivity contribution >= 4 is 11.6 Å². The summed E-state index contributed by atoms with van der Waals surface area (Å²) in [5.74, 6) is -0.116. The van der Waals surface area contributed by atoms with E-state index < -0.39 is 0 Å². The minimum absolute atomic E-state index is 0.116. The van der Waals surface area contributed by atoms with Crippen molar-refractivity contribution < 1.29 is 4.79 Å². The molecule has 1 amide bonds. The number of carbonyl (C=O) groups is 1. The Kier molecular flexibility index (Phi) is 5.25. The number of nitrogens with zero attached hydrogens (tertiary/aromatic N) is 3. The van der Waals surface area contributed by atoms with Gasteiger partial charge in [-0.2, -0.15) is 0 Å². The predicted octanol–water partition coefficient (Wildman–Crippen LogP) is 1.20. The smallest absolute Gasteiger partial charge is 0.246 e. The van der Waals surface area contributed by atoms with Crippen molar-refractivity contribution in [1.82, 2.24) is 15.0 Å². The normalized spacial score (nSPS) is 10.4. The number of hydrogen-bond donors (Lipinski definition) is 2. The zero-order chi connectivity index (χ0) is 14.2. The Morgan fingerprint density at radius 3 is 2.80 bits per heavy atom. The second-order valence-electron chi connectivity index (χ2n) is 4.57. The van der Waals surface area contributed by atoms with E-state index >= 15 is 0 Å². The molecule has 0 aliphatic carbocycles. The van der Waals surface area contributed by atoms with Gasteiger partial charge in [0, 0.05) is 11.9 Å². The van der Waals surface area contributed by atoms with E-state index in [9.17, 15) is 4.79 Å². The van der Waals surface area contributed by atoms with Gasteiger partial charge in [0.1, 0.15) is 6.54 Å². The van der Waals surface area contributed by atoms with Gasteiger partial charge in [-0.05, 0) is 37.9 Å². The molecule has 6 heteroatoms. The molecule has 0 bridgehead atoms. The number of hydrogen-bond acceptors (Lipinski definition) is 4. The number of unbranched alkanes of at least 4 members (excludes halogenated alkanes) is 1. The second-order valence-corrected chi connectivity index (χ2v) is 4.57. The zero-order valence-corrected chi connectivity index (χ0v) is 11.3. The molecule has 0 unspecified atom stereocenters. The Morgan fingerprint density at radius 1 is 1.25 bits per heavy atom. The highest BCUT2D eigenvalue weighted by molar-refractivity contribution is 5.90. The molecule has 0 atom stereocenters. The van der Waals surface area contributed by atoms with Gasteiger partial charge in [0.25, 0.3) is 0 Å². The van der Waals surface area contributed by atoms with Crippen LogP contribution in [0.2, 0.25) is 0 Å². The van der Waals surface area contributed by atoms with Crippen molar-refractivity contribution in [2.75, 3.05) is 11.9 Å². The fourth-order valence-corrected chi connectivity index (χ4v) is 1.85. The summed E-state index contributed by atoms with van der Waals surface area (Å²) in [6, 6.07) is 9.34. The van der Waals surface area contributed by atoms with Gasteiger partial charge in [0.2, 0.25) is 5.91 Å². The summed E-state index contributed by atoms with van der Waals surface area (Å²) < 4.78 is 1.55. The minimum atomic E-state index is -0.116. The van der Waals surface area contributed by atoms with Crippen molar-refractivity contribution in [1.29, 1.82) is 0 Å². The van der Waals surface area contributed by atoms with Crippen LogP contribution < -0.4 is 11.1 Å². The highest BCUT2D eigenvalue weighted by Gasteiger charge is 2.06. The molecule has 20 heavy (non-hydrogen) atoms. The first-order valence-electron chi connectivity index (χ1n) is 6.72. The number of carbonyl (C=O) groups excluding carboxylic acids is 1. The van der Waals surface area contributed by atoms with Crippen molar-refractivity contribution in [2.45, 2.75) is 25.8 Å². The molecule has 0 spiro atoms. The third-order valence-electron chi connectivity index (χ3n) is 2.84. The van der Waals surface area contributed by atoms with E-state index in [-0.39, 0.29) is 12.5 Å². The van der Waals surface area contributed by atoms with Gasteiger partial charge in [0.05, 0.1) is 5.69 Å². The molecular formula is C14H19N5O. The maximum absolute atomic E-state index is 11.8. The molecule has 0 saturated carbocycles. The fraction of sp³-hybridized carbons (Fsp3) is 0.357. The summed E-state index contributed by atoms with van der Waals surface area (Å²) in [4.78, 5) is 11.8. The lowest BCUT2D eigenvalue weighted by molar-refractivity contribution is -0.116. The van der Waals surface area contributed by atoms with Gasteiger partial charge in [-0.25, -0.2) is 4.68 Å². The molecule has 0 aliphatic rings. The molecule has 1 heterocycles. The molecule has 2 aromatic rings. The van der Waals surface area contributed by atoms with Crippen LogP contribution >= 0.6 is 0 Å². The number of aromatic nitrogens is 3.